The van der Waals surface area contributed by atoms with Gasteiger partial charge in [-0.3, -0.25) is 9.59 Å². The maximum Gasteiger partial charge on any atom is 0.256 e. The largest absolute Gasteiger partial charge is 0.329 e. The molecule has 0 atom stereocenters. The summed E-state index contributed by atoms with van der Waals surface area (Å²) in [4.78, 5) is 32.0. The van der Waals surface area contributed by atoms with Gasteiger partial charge in [0.15, 0.2) is 5.65 Å². The lowest BCUT2D eigenvalue weighted by Gasteiger charge is -2.22. The zero-order valence-corrected chi connectivity index (χ0v) is 19.5. The molecule has 0 saturated carbocycles. The van der Waals surface area contributed by atoms with Crippen LogP contribution >= 0.6 is 23.2 Å². The Morgan fingerprint density at radius 1 is 1.23 bits per heavy atom. The van der Waals surface area contributed by atoms with Crippen molar-refractivity contribution in [2.45, 2.75) is 40.2 Å². The van der Waals surface area contributed by atoms with Crippen molar-refractivity contribution in [2.75, 3.05) is 18.4 Å². The zero-order chi connectivity index (χ0) is 22.7. The molecule has 31 heavy (non-hydrogen) atoms. The molecule has 2 aromatic heterocycles. The number of nitrogens with one attached hydrogen (secondary N) is 1. The molecule has 0 radical (unpaired) electrons. The molecule has 7 nitrogen and oxygen atoms in total. The molecule has 1 aromatic carbocycles. The molecule has 0 unspecified atom stereocenters. The van der Waals surface area contributed by atoms with Gasteiger partial charge in [-0.05, 0) is 51.5 Å². The highest BCUT2D eigenvalue weighted by Crippen LogP contribution is 2.25. The van der Waals surface area contributed by atoms with Crippen molar-refractivity contribution in [1.29, 1.82) is 0 Å². The Morgan fingerprint density at radius 2 is 1.97 bits per heavy atom. The number of amides is 2. The van der Waals surface area contributed by atoms with Crippen LogP contribution in [0.1, 0.15) is 49.3 Å². The van der Waals surface area contributed by atoms with Gasteiger partial charge in [-0.15, -0.1) is 0 Å². The SMILES string of the molecule is CCCN(CC(=O)Nc1cc(Cl)ccc1Cl)C(=O)c1cc2cnn(C(C)C)c2nc1C. The van der Waals surface area contributed by atoms with Crippen LogP contribution in [-0.2, 0) is 4.79 Å². The van der Waals surface area contributed by atoms with Gasteiger partial charge in [0.05, 0.1) is 28.2 Å². The number of fused-ring (bicyclic) bond motifs is 1. The average Bonchev–Trinajstić information content (AvgIpc) is 3.12. The fourth-order valence-electron chi connectivity index (χ4n) is 3.31. The molecule has 9 heteroatoms. The first-order valence-corrected chi connectivity index (χ1v) is 10.9. The Labute approximate surface area is 191 Å². The fourth-order valence-corrected chi connectivity index (χ4v) is 3.65. The molecular formula is C22H25Cl2N5O2. The number of carbonyl (C=O) groups is 2. The van der Waals surface area contributed by atoms with Gasteiger partial charge in [0, 0.05) is 23.0 Å². The molecule has 0 saturated heterocycles. The van der Waals surface area contributed by atoms with E-state index in [4.69, 9.17) is 23.2 Å². The quantitative estimate of drug-likeness (QED) is 0.529. The average molecular weight is 462 g/mol. The second-order valence-electron chi connectivity index (χ2n) is 7.62. The van der Waals surface area contributed by atoms with Crippen LogP contribution in [0, 0.1) is 6.92 Å². The summed E-state index contributed by atoms with van der Waals surface area (Å²) in [6.07, 6.45) is 2.41. The van der Waals surface area contributed by atoms with Gasteiger partial charge in [0.2, 0.25) is 5.91 Å². The summed E-state index contributed by atoms with van der Waals surface area (Å²) in [5, 5.41) is 8.71. The number of nitrogens with zero attached hydrogens (tertiary/aromatic N) is 4. The number of hydrogen-bond donors (Lipinski definition) is 1. The smallest absolute Gasteiger partial charge is 0.256 e. The van der Waals surface area contributed by atoms with E-state index in [-0.39, 0.29) is 24.4 Å². The third-order valence-corrected chi connectivity index (χ3v) is 5.36. The third-order valence-electron chi connectivity index (χ3n) is 4.80. The molecule has 0 aliphatic rings. The summed E-state index contributed by atoms with van der Waals surface area (Å²) in [7, 11) is 0. The minimum atomic E-state index is -0.356. The number of halogens is 2. The van der Waals surface area contributed by atoms with Crippen molar-refractivity contribution in [3.8, 4) is 0 Å². The molecule has 3 rings (SSSR count). The second-order valence-corrected chi connectivity index (χ2v) is 8.46. The summed E-state index contributed by atoms with van der Waals surface area (Å²) in [6.45, 7) is 8.11. The first kappa shape index (κ1) is 23.0. The summed E-state index contributed by atoms with van der Waals surface area (Å²) in [5.41, 5.74) is 2.19. The van der Waals surface area contributed by atoms with Gasteiger partial charge >= 0.3 is 0 Å². The maximum absolute atomic E-state index is 13.3. The van der Waals surface area contributed by atoms with Crippen LogP contribution in [0.15, 0.2) is 30.5 Å². The van der Waals surface area contributed by atoms with Crippen LogP contribution in [0.25, 0.3) is 11.0 Å². The van der Waals surface area contributed by atoms with E-state index in [1.807, 2.05) is 25.5 Å². The lowest BCUT2D eigenvalue weighted by Crippen LogP contribution is -2.39. The van der Waals surface area contributed by atoms with Crippen molar-refractivity contribution < 1.29 is 9.59 Å². The first-order valence-electron chi connectivity index (χ1n) is 10.1. The van der Waals surface area contributed by atoms with Gasteiger partial charge in [0.25, 0.3) is 5.91 Å². The summed E-state index contributed by atoms with van der Waals surface area (Å²) >= 11 is 12.1. The predicted molar refractivity (Wildman–Crippen MR) is 124 cm³/mol. The monoisotopic (exact) mass is 461 g/mol. The molecule has 2 amide bonds. The van der Waals surface area contributed by atoms with E-state index in [0.717, 1.165) is 11.0 Å². The fraction of sp³-hybridized carbons (Fsp3) is 0.364. The standard InChI is InChI=1S/C22H25Cl2N5O2/c1-5-8-28(12-20(30)27-19-10-16(23)6-7-18(19)24)22(31)17-9-15-11-25-29(13(2)3)21(15)26-14(17)4/h6-7,9-11,13H,5,8,12H2,1-4H3,(H,27,30). The van der Waals surface area contributed by atoms with Gasteiger partial charge in [-0.2, -0.15) is 5.10 Å². The number of rotatable bonds is 7. The molecule has 0 aliphatic carbocycles. The van der Waals surface area contributed by atoms with E-state index in [2.05, 4.69) is 15.4 Å². The van der Waals surface area contributed by atoms with E-state index in [0.29, 0.717) is 40.0 Å². The van der Waals surface area contributed by atoms with Crippen molar-refractivity contribution in [3.63, 3.8) is 0 Å². The Balaban J connectivity index is 1.83. The Kier molecular flexibility index (Phi) is 7.18. The van der Waals surface area contributed by atoms with E-state index >= 15 is 0 Å². The molecule has 1 N–H and O–H groups in total. The van der Waals surface area contributed by atoms with Crippen molar-refractivity contribution in [2.24, 2.45) is 0 Å². The lowest BCUT2D eigenvalue weighted by atomic mass is 10.1. The molecular weight excluding hydrogens is 437 g/mol. The number of carbonyl (C=O) groups excluding carboxylic acids is 2. The lowest BCUT2D eigenvalue weighted by molar-refractivity contribution is -0.116. The number of anilines is 1. The topological polar surface area (TPSA) is 80.1 Å². The molecule has 0 spiro atoms. The highest BCUT2D eigenvalue weighted by atomic mass is 35.5. The third kappa shape index (κ3) is 5.17. The first-order chi connectivity index (χ1) is 14.7. The van der Waals surface area contributed by atoms with Crippen molar-refractivity contribution in [1.82, 2.24) is 19.7 Å². The van der Waals surface area contributed by atoms with Crippen LogP contribution in [0.3, 0.4) is 0 Å². The molecule has 2 heterocycles. The Bertz CT molecular complexity index is 1130. The van der Waals surface area contributed by atoms with Crippen LogP contribution in [0.4, 0.5) is 5.69 Å². The number of aryl methyl sites for hydroxylation is 1. The zero-order valence-electron chi connectivity index (χ0n) is 17.9. The molecule has 0 bridgehead atoms. The minimum Gasteiger partial charge on any atom is -0.329 e. The summed E-state index contributed by atoms with van der Waals surface area (Å²) < 4.78 is 1.82. The van der Waals surface area contributed by atoms with Gasteiger partial charge < -0.3 is 10.2 Å². The summed E-state index contributed by atoms with van der Waals surface area (Å²) in [5.74, 6) is -0.608. The number of aromatic nitrogens is 3. The van der Waals surface area contributed by atoms with Gasteiger partial charge in [-0.1, -0.05) is 30.1 Å². The highest BCUT2D eigenvalue weighted by molar-refractivity contribution is 6.35. The van der Waals surface area contributed by atoms with Crippen molar-refractivity contribution in [3.05, 3.63) is 51.8 Å². The van der Waals surface area contributed by atoms with E-state index < -0.39 is 0 Å². The van der Waals surface area contributed by atoms with Crippen LogP contribution < -0.4 is 5.32 Å². The van der Waals surface area contributed by atoms with Crippen LogP contribution in [-0.4, -0.2) is 44.6 Å². The highest BCUT2D eigenvalue weighted by Gasteiger charge is 2.22. The van der Waals surface area contributed by atoms with E-state index in [1.54, 1.807) is 37.4 Å². The molecule has 3 aromatic rings. The number of benzene rings is 1. The molecule has 164 valence electrons. The minimum absolute atomic E-state index is 0.113. The maximum atomic E-state index is 13.3. The predicted octanol–water partition coefficient (Wildman–Crippen LogP) is 5.12. The van der Waals surface area contributed by atoms with E-state index in [9.17, 15) is 9.59 Å². The molecule has 0 aliphatic heterocycles. The molecule has 0 fully saturated rings. The Hall–Kier alpha value is -2.64. The Morgan fingerprint density at radius 3 is 2.65 bits per heavy atom. The second kappa shape index (κ2) is 9.66. The van der Waals surface area contributed by atoms with Crippen LogP contribution in [0.2, 0.25) is 10.0 Å². The summed E-state index contributed by atoms with van der Waals surface area (Å²) in [6, 6.07) is 6.77. The van der Waals surface area contributed by atoms with Gasteiger partial charge in [0.1, 0.15) is 6.54 Å². The number of hydrogen-bond acceptors (Lipinski definition) is 4. The van der Waals surface area contributed by atoms with Crippen LogP contribution in [0.5, 0.6) is 0 Å². The number of pyridine rings is 1. The van der Waals surface area contributed by atoms with E-state index in [1.165, 1.54) is 4.90 Å². The van der Waals surface area contributed by atoms with Gasteiger partial charge in [-0.25, -0.2) is 9.67 Å². The normalized spacial score (nSPS) is 11.2. The van der Waals surface area contributed by atoms with Crippen molar-refractivity contribution >= 4 is 51.7 Å².